The van der Waals surface area contributed by atoms with Crippen LogP contribution < -0.4 is 0 Å². The molecule has 0 aromatic carbocycles. The predicted molar refractivity (Wildman–Crippen MR) is 52.7 cm³/mol. The zero-order chi connectivity index (χ0) is 10.9. The minimum atomic E-state index is -0.842. The maximum absolute atomic E-state index is 10.4. The largest absolute Gasteiger partial charge is 0.344 e. The van der Waals surface area contributed by atoms with Crippen molar-refractivity contribution in [1.82, 2.24) is 4.98 Å². The van der Waals surface area contributed by atoms with Crippen molar-refractivity contribution >= 4 is 28.1 Å². The van der Waals surface area contributed by atoms with E-state index in [1.165, 1.54) is 18.0 Å². The SMILES string of the molecule is CC1(Sc2ncc([N+](=O)[O-])s2)N=NN=N1. The molecule has 1 aliphatic rings. The number of thioether (sulfide) groups is 1. The van der Waals surface area contributed by atoms with Crippen molar-refractivity contribution < 1.29 is 4.92 Å². The van der Waals surface area contributed by atoms with Crippen LogP contribution in [-0.4, -0.2) is 14.9 Å². The van der Waals surface area contributed by atoms with E-state index in [2.05, 4.69) is 25.7 Å². The van der Waals surface area contributed by atoms with Gasteiger partial charge in [-0.1, -0.05) is 0 Å². The number of rotatable bonds is 3. The first-order chi connectivity index (χ1) is 7.09. The highest BCUT2D eigenvalue weighted by Crippen LogP contribution is 2.41. The van der Waals surface area contributed by atoms with E-state index in [1.807, 2.05) is 0 Å². The molecule has 0 amide bonds. The second kappa shape index (κ2) is 3.62. The lowest BCUT2D eigenvalue weighted by molar-refractivity contribution is -0.380. The number of nitrogens with zero attached hydrogens (tertiary/aromatic N) is 6. The first-order valence-corrected chi connectivity index (χ1v) is 5.36. The van der Waals surface area contributed by atoms with Gasteiger partial charge in [-0.2, -0.15) is 0 Å². The van der Waals surface area contributed by atoms with Gasteiger partial charge in [0, 0.05) is 0 Å². The van der Waals surface area contributed by atoms with Gasteiger partial charge in [0.05, 0.1) is 4.92 Å². The first kappa shape index (κ1) is 10.1. The molecule has 1 aromatic rings. The molecule has 0 N–H and O–H groups in total. The smallest absolute Gasteiger partial charge is 0.257 e. The fourth-order valence-corrected chi connectivity index (χ4v) is 2.77. The van der Waals surface area contributed by atoms with Crippen molar-refractivity contribution in [2.45, 2.75) is 16.3 Å². The summed E-state index contributed by atoms with van der Waals surface area (Å²) in [5.74, 6) is 0. The first-order valence-electron chi connectivity index (χ1n) is 3.72. The second-order valence-corrected chi connectivity index (χ2v) is 5.27. The molecule has 0 atom stereocenters. The van der Waals surface area contributed by atoms with Crippen LogP contribution in [0.1, 0.15) is 6.92 Å². The van der Waals surface area contributed by atoms with Crippen LogP contribution in [0, 0.1) is 10.1 Å². The summed E-state index contributed by atoms with van der Waals surface area (Å²) in [6.45, 7) is 1.70. The Morgan fingerprint density at radius 3 is 2.73 bits per heavy atom. The topological polar surface area (TPSA) is 105 Å². The van der Waals surface area contributed by atoms with Crippen molar-refractivity contribution in [2.75, 3.05) is 0 Å². The van der Waals surface area contributed by atoms with Crippen LogP contribution in [0.4, 0.5) is 5.00 Å². The molecular weight excluding hydrogens is 240 g/mol. The third-order valence-electron chi connectivity index (χ3n) is 1.43. The Bertz CT molecular complexity index is 442. The Morgan fingerprint density at radius 1 is 1.53 bits per heavy atom. The highest BCUT2D eigenvalue weighted by atomic mass is 32.2. The minimum Gasteiger partial charge on any atom is -0.257 e. The highest BCUT2D eigenvalue weighted by molar-refractivity contribution is 8.02. The maximum Gasteiger partial charge on any atom is 0.344 e. The predicted octanol–water partition coefficient (Wildman–Crippen LogP) is 2.65. The van der Waals surface area contributed by atoms with Crippen LogP contribution >= 0.6 is 23.1 Å². The van der Waals surface area contributed by atoms with Crippen molar-refractivity contribution in [3.8, 4) is 0 Å². The lowest BCUT2D eigenvalue weighted by atomic mass is 10.6. The van der Waals surface area contributed by atoms with E-state index in [4.69, 9.17) is 0 Å². The van der Waals surface area contributed by atoms with Crippen LogP contribution in [0.25, 0.3) is 0 Å². The fourth-order valence-electron chi connectivity index (χ4n) is 0.814. The Morgan fingerprint density at radius 2 is 2.20 bits per heavy atom. The van der Waals surface area contributed by atoms with Crippen LogP contribution in [0.3, 0.4) is 0 Å². The molecule has 0 bridgehead atoms. The van der Waals surface area contributed by atoms with E-state index in [-0.39, 0.29) is 5.00 Å². The van der Waals surface area contributed by atoms with E-state index in [9.17, 15) is 10.1 Å². The van der Waals surface area contributed by atoms with Crippen LogP contribution in [-0.2, 0) is 0 Å². The molecule has 0 radical (unpaired) electrons. The Kier molecular flexibility index (Phi) is 2.44. The lowest BCUT2D eigenvalue weighted by Gasteiger charge is -2.08. The summed E-state index contributed by atoms with van der Waals surface area (Å²) in [6.07, 6.45) is 1.21. The third kappa shape index (κ3) is 2.15. The van der Waals surface area contributed by atoms with Gasteiger partial charge in [0.15, 0.2) is 4.34 Å². The zero-order valence-corrected chi connectivity index (χ0v) is 9.03. The number of hydrogen-bond acceptors (Lipinski definition) is 9. The summed E-state index contributed by atoms with van der Waals surface area (Å²) in [5.41, 5.74) is 0. The van der Waals surface area contributed by atoms with Gasteiger partial charge >= 0.3 is 5.00 Å². The van der Waals surface area contributed by atoms with Crippen LogP contribution in [0.2, 0.25) is 0 Å². The van der Waals surface area contributed by atoms with E-state index >= 15 is 0 Å². The number of nitro groups is 1. The average molecular weight is 244 g/mol. The summed E-state index contributed by atoms with van der Waals surface area (Å²) >= 11 is 2.15. The van der Waals surface area contributed by atoms with Crippen molar-refractivity contribution in [2.24, 2.45) is 20.7 Å². The summed E-state index contributed by atoms with van der Waals surface area (Å²) in [7, 11) is 0. The summed E-state index contributed by atoms with van der Waals surface area (Å²) < 4.78 is 0.518. The third-order valence-corrected chi connectivity index (χ3v) is 3.51. The zero-order valence-electron chi connectivity index (χ0n) is 7.39. The van der Waals surface area contributed by atoms with Crippen LogP contribution in [0.15, 0.2) is 31.2 Å². The molecule has 1 aliphatic heterocycles. The Hall–Kier alpha value is -1.42. The summed E-state index contributed by atoms with van der Waals surface area (Å²) in [6, 6.07) is 0. The summed E-state index contributed by atoms with van der Waals surface area (Å²) in [4.78, 5) is 13.0. The molecule has 78 valence electrons. The maximum atomic E-state index is 10.4. The molecule has 2 rings (SSSR count). The highest BCUT2D eigenvalue weighted by Gasteiger charge is 2.30. The van der Waals surface area contributed by atoms with Gasteiger partial charge < -0.3 is 0 Å². The van der Waals surface area contributed by atoms with Gasteiger partial charge in [0.1, 0.15) is 6.20 Å². The molecular formula is C5H4N6O2S2. The van der Waals surface area contributed by atoms with Gasteiger partial charge in [-0.05, 0) is 40.5 Å². The Balaban J connectivity index is 2.14. The molecule has 1 aromatic heterocycles. The molecule has 10 heteroatoms. The molecule has 8 nitrogen and oxygen atoms in total. The molecule has 0 saturated carbocycles. The van der Waals surface area contributed by atoms with Crippen molar-refractivity contribution in [3.63, 3.8) is 0 Å². The van der Waals surface area contributed by atoms with E-state index in [0.717, 1.165) is 11.3 Å². The van der Waals surface area contributed by atoms with E-state index in [0.29, 0.717) is 4.34 Å². The molecule has 0 unspecified atom stereocenters. The monoisotopic (exact) mass is 244 g/mol. The van der Waals surface area contributed by atoms with E-state index in [1.54, 1.807) is 6.92 Å². The lowest BCUT2D eigenvalue weighted by Crippen LogP contribution is -2.08. The van der Waals surface area contributed by atoms with Crippen molar-refractivity contribution in [3.05, 3.63) is 16.3 Å². The van der Waals surface area contributed by atoms with Gasteiger partial charge in [-0.25, -0.2) is 4.98 Å². The quantitative estimate of drug-likeness (QED) is 0.601. The second-order valence-electron chi connectivity index (χ2n) is 2.64. The van der Waals surface area contributed by atoms with Gasteiger partial charge in [0.2, 0.25) is 4.99 Å². The fraction of sp³-hybridized carbons (Fsp3) is 0.400. The summed E-state index contributed by atoms with van der Waals surface area (Å²) in [5, 5.41) is 24.7. The normalized spacial score (nSPS) is 17.1. The van der Waals surface area contributed by atoms with Crippen LogP contribution in [0.5, 0.6) is 0 Å². The molecule has 2 heterocycles. The number of hydrogen-bond donors (Lipinski definition) is 0. The van der Waals surface area contributed by atoms with Gasteiger partial charge in [0.25, 0.3) is 0 Å². The number of aromatic nitrogens is 1. The molecule has 0 saturated heterocycles. The minimum absolute atomic E-state index is 0.00651. The molecule has 15 heavy (non-hydrogen) atoms. The average Bonchev–Trinajstić information content (AvgIpc) is 2.75. The standard InChI is InChI=1S/C5H4N6O2S2/c1-5(7-9-10-8-5)15-4-6-2-3(14-4)11(12)13/h2H,1H3. The van der Waals surface area contributed by atoms with Gasteiger partial charge in [-0.15, -0.1) is 10.2 Å². The molecule has 0 aliphatic carbocycles. The van der Waals surface area contributed by atoms with Crippen molar-refractivity contribution in [1.29, 1.82) is 0 Å². The van der Waals surface area contributed by atoms with E-state index < -0.39 is 9.92 Å². The number of thiazole rings is 1. The molecule has 0 fully saturated rings. The Labute approximate surface area is 91.7 Å². The van der Waals surface area contributed by atoms with Gasteiger partial charge in [-0.3, -0.25) is 10.1 Å². The molecule has 0 spiro atoms.